The Morgan fingerprint density at radius 2 is 2.20 bits per heavy atom. The van der Waals surface area contributed by atoms with Crippen LogP contribution in [0.25, 0.3) is 11.5 Å². The molecule has 0 aliphatic carbocycles. The first-order valence-electron chi connectivity index (χ1n) is 4.38. The monoisotopic (exact) mass is 206 g/mol. The van der Waals surface area contributed by atoms with Crippen molar-refractivity contribution in [2.24, 2.45) is 0 Å². The van der Waals surface area contributed by atoms with E-state index in [2.05, 4.69) is 10.1 Å². The average Bonchev–Trinajstić information content (AvgIpc) is 2.64. The number of aryl methyl sites for hydroxylation is 1. The van der Waals surface area contributed by atoms with Crippen LogP contribution in [0.5, 0.6) is 11.5 Å². The number of benzene rings is 1. The molecule has 0 bridgehead atoms. The Labute approximate surface area is 86.3 Å². The lowest BCUT2D eigenvalue weighted by Gasteiger charge is -2.02. The van der Waals surface area contributed by atoms with Gasteiger partial charge in [-0.15, -0.1) is 0 Å². The molecule has 1 aromatic carbocycles. The van der Waals surface area contributed by atoms with Crippen LogP contribution >= 0.6 is 0 Å². The molecule has 2 rings (SSSR count). The van der Waals surface area contributed by atoms with E-state index >= 15 is 0 Å². The molecule has 0 aliphatic rings. The molecule has 0 saturated carbocycles. The van der Waals surface area contributed by atoms with E-state index in [1.807, 2.05) is 0 Å². The molecule has 0 amide bonds. The van der Waals surface area contributed by atoms with E-state index in [0.717, 1.165) is 0 Å². The van der Waals surface area contributed by atoms with E-state index in [0.29, 0.717) is 23.0 Å². The molecule has 0 spiro atoms. The quantitative estimate of drug-likeness (QED) is 0.810. The Morgan fingerprint density at radius 3 is 2.73 bits per heavy atom. The van der Waals surface area contributed by atoms with Gasteiger partial charge in [0.15, 0.2) is 5.82 Å². The number of phenols is 1. The second kappa shape index (κ2) is 3.61. The zero-order chi connectivity index (χ0) is 10.8. The van der Waals surface area contributed by atoms with E-state index in [-0.39, 0.29) is 5.75 Å². The fourth-order valence-corrected chi connectivity index (χ4v) is 1.23. The summed E-state index contributed by atoms with van der Waals surface area (Å²) in [4.78, 5) is 4.02. The van der Waals surface area contributed by atoms with Crippen LogP contribution in [0.1, 0.15) is 5.82 Å². The zero-order valence-electron chi connectivity index (χ0n) is 8.39. The van der Waals surface area contributed by atoms with Crippen molar-refractivity contribution in [3.8, 4) is 23.0 Å². The van der Waals surface area contributed by atoms with Gasteiger partial charge < -0.3 is 14.4 Å². The molecule has 0 unspecified atom stereocenters. The number of methoxy groups -OCH3 is 1. The Balaban J connectivity index is 2.45. The molecule has 5 nitrogen and oxygen atoms in total. The maximum atomic E-state index is 9.68. The van der Waals surface area contributed by atoms with Crippen molar-refractivity contribution in [2.75, 3.05) is 7.11 Å². The topological polar surface area (TPSA) is 68.4 Å². The van der Waals surface area contributed by atoms with Crippen LogP contribution < -0.4 is 4.74 Å². The molecule has 0 atom stereocenters. The maximum Gasteiger partial charge on any atom is 0.261 e. The molecule has 1 N–H and O–H groups in total. The van der Waals surface area contributed by atoms with Crippen molar-refractivity contribution in [1.82, 2.24) is 10.1 Å². The third-order valence-corrected chi connectivity index (χ3v) is 1.96. The van der Waals surface area contributed by atoms with Gasteiger partial charge in [0.25, 0.3) is 5.89 Å². The van der Waals surface area contributed by atoms with Gasteiger partial charge in [-0.3, -0.25) is 0 Å². The molecule has 2 aromatic rings. The number of rotatable bonds is 2. The lowest BCUT2D eigenvalue weighted by Crippen LogP contribution is -1.84. The second-order valence-corrected chi connectivity index (χ2v) is 3.03. The number of aromatic hydroxyl groups is 1. The maximum absolute atomic E-state index is 9.68. The van der Waals surface area contributed by atoms with E-state index in [1.165, 1.54) is 13.2 Å². The molecule has 15 heavy (non-hydrogen) atoms. The molecular formula is C10H10N2O3. The number of phenolic OH excluding ortho intramolecular Hbond substituents is 1. The molecule has 0 saturated heterocycles. The van der Waals surface area contributed by atoms with Gasteiger partial charge in [0.2, 0.25) is 0 Å². The number of hydrogen-bond acceptors (Lipinski definition) is 5. The summed E-state index contributed by atoms with van der Waals surface area (Å²) in [5, 5.41) is 13.3. The fraction of sp³-hybridized carbons (Fsp3) is 0.200. The Kier molecular flexibility index (Phi) is 2.29. The Morgan fingerprint density at radius 1 is 1.40 bits per heavy atom. The van der Waals surface area contributed by atoms with Crippen LogP contribution in [-0.4, -0.2) is 22.4 Å². The first kappa shape index (κ1) is 9.51. The highest BCUT2D eigenvalue weighted by Gasteiger charge is 2.11. The van der Waals surface area contributed by atoms with E-state index < -0.39 is 0 Å². The van der Waals surface area contributed by atoms with Crippen molar-refractivity contribution in [3.63, 3.8) is 0 Å². The molecule has 78 valence electrons. The number of aromatic nitrogens is 2. The van der Waals surface area contributed by atoms with Gasteiger partial charge in [0.1, 0.15) is 11.5 Å². The highest BCUT2D eigenvalue weighted by molar-refractivity contribution is 5.63. The minimum absolute atomic E-state index is 0.0537. The number of hydrogen-bond donors (Lipinski definition) is 1. The lowest BCUT2D eigenvalue weighted by molar-refractivity contribution is 0.404. The van der Waals surface area contributed by atoms with Crippen molar-refractivity contribution < 1.29 is 14.4 Å². The van der Waals surface area contributed by atoms with Gasteiger partial charge in [-0.2, -0.15) is 4.98 Å². The largest absolute Gasteiger partial charge is 0.507 e. The second-order valence-electron chi connectivity index (χ2n) is 3.03. The van der Waals surface area contributed by atoms with E-state index in [4.69, 9.17) is 9.26 Å². The molecule has 1 aromatic heterocycles. The highest BCUT2D eigenvalue weighted by atomic mass is 16.5. The summed E-state index contributed by atoms with van der Waals surface area (Å²) < 4.78 is 9.91. The minimum atomic E-state index is 0.0537. The summed E-state index contributed by atoms with van der Waals surface area (Å²) in [5.41, 5.74) is 0.497. The summed E-state index contributed by atoms with van der Waals surface area (Å²) in [6.45, 7) is 1.72. The van der Waals surface area contributed by atoms with Crippen molar-refractivity contribution in [3.05, 3.63) is 24.0 Å². The minimum Gasteiger partial charge on any atom is -0.507 e. The summed E-state index contributed by atoms with van der Waals surface area (Å²) in [5.74, 6) is 1.46. The SMILES string of the molecule is COc1ccc(-c2nc(C)no2)c(O)c1. The van der Waals surface area contributed by atoms with Gasteiger partial charge in [-0.1, -0.05) is 5.16 Å². The van der Waals surface area contributed by atoms with Gasteiger partial charge in [-0.05, 0) is 19.1 Å². The number of nitrogens with zero attached hydrogens (tertiary/aromatic N) is 2. The van der Waals surface area contributed by atoms with E-state index in [1.54, 1.807) is 19.1 Å². The average molecular weight is 206 g/mol. The fourth-order valence-electron chi connectivity index (χ4n) is 1.23. The van der Waals surface area contributed by atoms with Crippen LogP contribution in [0.3, 0.4) is 0 Å². The number of ether oxygens (including phenoxy) is 1. The molecule has 0 fully saturated rings. The lowest BCUT2D eigenvalue weighted by atomic mass is 10.2. The third-order valence-electron chi connectivity index (χ3n) is 1.96. The zero-order valence-corrected chi connectivity index (χ0v) is 8.39. The first-order valence-corrected chi connectivity index (χ1v) is 4.38. The predicted octanol–water partition coefficient (Wildman–Crippen LogP) is 1.76. The normalized spacial score (nSPS) is 10.3. The Bertz CT molecular complexity index is 479. The Hall–Kier alpha value is -2.04. The van der Waals surface area contributed by atoms with Gasteiger partial charge >= 0.3 is 0 Å². The van der Waals surface area contributed by atoms with Crippen LogP contribution in [0.4, 0.5) is 0 Å². The van der Waals surface area contributed by atoms with Gasteiger partial charge in [-0.25, -0.2) is 0 Å². The molecule has 0 radical (unpaired) electrons. The van der Waals surface area contributed by atoms with Crippen LogP contribution in [0.15, 0.2) is 22.7 Å². The van der Waals surface area contributed by atoms with E-state index in [9.17, 15) is 5.11 Å². The first-order chi connectivity index (χ1) is 7.20. The summed E-state index contributed by atoms with van der Waals surface area (Å²) in [6, 6.07) is 4.88. The van der Waals surface area contributed by atoms with Crippen LogP contribution in [0, 0.1) is 6.92 Å². The standard InChI is InChI=1S/C10H10N2O3/c1-6-11-10(15-12-6)8-4-3-7(14-2)5-9(8)13/h3-5,13H,1-2H3. The van der Waals surface area contributed by atoms with Crippen LogP contribution in [0.2, 0.25) is 0 Å². The smallest absolute Gasteiger partial charge is 0.261 e. The van der Waals surface area contributed by atoms with Gasteiger partial charge in [0.05, 0.1) is 12.7 Å². The van der Waals surface area contributed by atoms with Crippen LogP contribution in [-0.2, 0) is 0 Å². The summed E-state index contributed by atoms with van der Waals surface area (Å²) in [7, 11) is 1.53. The molecule has 0 aliphatic heterocycles. The summed E-state index contributed by atoms with van der Waals surface area (Å²) in [6.07, 6.45) is 0. The third kappa shape index (κ3) is 1.76. The van der Waals surface area contributed by atoms with Crippen molar-refractivity contribution >= 4 is 0 Å². The van der Waals surface area contributed by atoms with Gasteiger partial charge in [0, 0.05) is 6.07 Å². The molecular weight excluding hydrogens is 196 g/mol. The summed E-state index contributed by atoms with van der Waals surface area (Å²) >= 11 is 0. The predicted molar refractivity (Wildman–Crippen MR) is 52.7 cm³/mol. The van der Waals surface area contributed by atoms with Crippen molar-refractivity contribution in [2.45, 2.75) is 6.92 Å². The molecule has 1 heterocycles. The highest BCUT2D eigenvalue weighted by Crippen LogP contribution is 2.30. The molecule has 5 heteroatoms. The van der Waals surface area contributed by atoms with Crippen molar-refractivity contribution in [1.29, 1.82) is 0 Å².